The van der Waals surface area contributed by atoms with Crippen LogP contribution in [0.15, 0.2) is 6.20 Å². The highest BCUT2D eigenvalue weighted by atomic mass is 16.5. The van der Waals surface area contributed by atoms with Gasteiger partial charge in [0.2, 0.25) is 0 Å². The van der Waals surface area contributed by atoms with Crippen LogP contribution in [0.4, 0.5) is 0 Å². The maximum absolute atomic E-state index is 12.3. The van der Waals surface area contributed by atoms with Crippen LogP contribution in [0.25, 0.3) is 0 Å². The van der Waals surface area contributed by atoms with E-state index in [0.29, 0.717) is 32.1 Å². The number of rotatable bonds is 3. The predicted molar refractivity (Wildman–Crippen MR) is 70.9 cm³/mol. The smallest absolute Gasteiger partial charge is 0.270 e. The number of hydrogen-bond acceptors (Lipinski definition) is 4. The number of imidazole rings is 1. The average molecular weight is 275 g/mol. The van der Waals surface area contributed by atoms with Crippen LogP contribution in [-0.4, -0.2) is 40.8 Å². The Hall–Kier alpha value is -1.84. The summed E-state index contributed by atoms with van der Waals surface area (Å²) < 4.78 is 12.7. The monoisotopic (exact) mass is 275 g/mol. The second kappa shape index (κ2) is 5.65. The van der Waals surface area contributed by atoms with Gasteiger partial charge in [-0.3, -0.25) is 4.79 Å². The summed E-state index contributed by atoms with van der Waals surface area (Å²) in [5, 5.41) is 2.86. The van der Waals surface area contributed by atoms with Gasteiger partial charge in [0, 0.05) is 13.2 Å². The molecule has 3 heterocycles. The Morgan fingerprint density at radius 3 is 3.25 bits per heavy atom. The van der Waals surface area contributed by atoms with Crippen molar-refractivity contribution < 1.29 is 14.3 Å². The van der Waals surface area contributed by atoms with Gasteiger partial charge in [-0.05, 0) is 12.8 Å². The molecule has 1 saturated heterocycles. The van der Waals surface area contributed by atoms with Gasteiger partial charge in [0.1, 0.15) is 24.2 Å². The maximum Gasteiger partial charge on any atom is 0.270 e. The number of amides is 1. The van der Waals surface area contributed by atoms with Crippen LogP contribution < -0.4 is 5.32 Å². The molecule has 0 radical (unpaired) electrons. The first-order valence-electron chi connectivity index (χ1n) is 6.80. The number of carbonyl (C=O) groups excluding carboxylic acids is 1. The van der Waals surface area contributed by atoms with Crippen LogP contribution >= 0.6 is 0 Å². The zero-order valence-electron chi connectivity index (χ0n) is 11.2. The minimum atomic E-state index is -0.393. The zero-order chi connectivity index (χ0) is 13.9. The summed E-state index contributed by atoms with van der Waals surface area (Å²) in [5.74, 6) is 3.17. The molecule has 0 aliphatic carbocycles. The minimum absolute atomic E-state index is 0.0870. The number of carbonyl (C=O) groups is 1. The van der Waals surface area contributed by atoms with Gasteiger partial charge >= 0.3 is 0 Å². The fourth-order valence-corrected chi connectivity index (χ4v) is 2.60. The van der Waals surface area contributed by atoms with Gasteiger partial charge in [0.05, 0.1) is 18.9 Å². The number of fused-ring (bicyclic) bond motifs is 1. The van der Waals surface area contributed by atoms with E-state index in [9.17, 15) is 4.79 Å². The molecule has 6 nitrogen and oxygen atoms in total. The third kappa shape index (κ3) is 2.42. The molecule has 6 heteroatoms. The summed E-state index contributed by atoms with van der Waals surface area (Å²) in [6.07, 6.45) is 8.86. The molecule has 0 bridgehead atoms. The van der Waals surface area contributed by atoms with E-state index >= 15 is 0 Å². The van der Waals surface area contributed by atoms with Crippen molar-refractivity contribution in [2.24, 2.45) is 0 Å². The molecule has 0 aromatic carbocycles. The molecule has 0 unspecified atom stereocenters. The lowest BCUT2D eigenvalue weighted by Crippen LogP contribution is -2.43. The summed E-state index contributed by atoms with van der Waals surface area (Å²) in [5.41, 5.74) is 0.529. The number of hydrogen-bond donors (Lipinski definition) is 1. The molecule has 20 heavy (non-hydrogen) atoms. The summed E-state index contributed by atoms with van der Waals surface area (Å²) in [6.45, 7) is 2.38. The second-order valence-electron chi connectivity index (χ2n) is 4.93. The topological polar surface area (TPSA) is 65.4 Å². The SMILES string of the molecule is C#C[C@@H](NC(=O)c1cnc2n1CCOC2)[C@H]1CCCO1. The highest BCUT2D eigenvalue weighted by molar-refractivity contribution is 5.93. The van der Waals surface area contributed by atoms with E-state index in [1.165, 1.54) is 0 Å². The molecule has 1 fully saturated rings. The van der Waals surface area contributed by atoms with Crippen molar-refractivity contribution in [3.8, 4) is 12.3 Å². The largest absolute Gasteiger partial charge is 0.375 e. The molecule has 1 aromatic rings. The third-order valence-electron chi connectivity index (χ3n) is 3.66. The Kier molecular flexibility index (Phi) is 3.72. The molecule has 0 saturated carbocycles. The van der Waals surface area contributed by atoms with Crippen molar-refractivity contribution in [1.29, 1.82) is 0 Å². The van der Waals surface area contributed by atoms with E-state index in [4.69, 9.17) is 15.9 Å². The van der Waals surface area contributed by atoms with Crippen molar-refractivity contribution in [2.75, 3.05) is 13.2 Å². The van der Waals surface area contributed by atoms with E-state index in [1.54, 1.807) is 6.20 Å². The van der Waals surface area contributed by atoms with E-state index in [0.717, 1.165) is 18.7 Å². The van der Waals surface area contributed by atoms with Gasteiger partial charge in [0.25, 0.3) is 5.91 Å². The second-order valence-corrected chi connectivity index (χ2v) is 4.93. The van der Waals surface area contributed by atoms with Crippen LogP contribution in [-0.2, 0) is 22.6 Å². The maximum atomic E-state index is 12.3. The lowest BCUT2D eigenvalue weighted by Gasteiger charge is -2.20. The molecular weight excluding hydrogens is 258 g/mol. The van der Waals surface area contributed by atoms with E-state index in [1.807, 2.05) is 4.57 Å². The van der Waals surface area contributed by atoms with Crippen LogP contribution in [0.5, 0.6) is 0 Å². The van der Waals surface area contributed by atoms with Gasteiger partial charge < -0.3 is 19.4 Å². The summed E-state index contributed by atoms with van der Waals surface area (Å²) in [4.78, 5) is 16.5. The first-order valence-corrected chi connectivity index (χ1v) is 6.80. The highest BCUT2D eigenvalue weighted by Crippen LogP contribution is 2.16. The Morgan fingerprint density at radius 2 is 2.50 bits per heavy atom. The zero-order valence-corrected chi connectivity index (χ0v) is 11.2. The number of nitrogens with zero attached hydrogens (tertiary/aromatic N) is 2. The van der Waals surface area contributed by atoms with E-state index in [2.05, 4.69) is 16.2 Å². The molecule has 3 rings (SSSR count). The standard InChI is InChI=1S/C14H17N3O3/c1-2-10(12-4-3-6-20-12)16-14(18)11-8-15-13-9-19-7-5-17(11)13/h1,8,10,12H,3-7,9H2,(H,16,18)/t10-,12-/m1/s1. The fraction of sp³-hybridized carbons (Fsp3) is 0.571. The highest BCUT2D eigenvalue weighted by Gasteiger charge is 2.27. The molecule has 1 aromatic heterocycles. The number of aromatic nitrogens is 2. The normalized spacial score (nSPS) is 22.9. The third-order valence-corrected chi connectivity index (χ3v) is 3.66. The number of ether oxygens (including phenoxy) is 2. The molecule has 2 atom stereocenters. The van der Waals surface area contributed by atoms with Gasteiger partial charge in [-0.2, -0.15) is 0 Å². The van der Waals surface area contributed by atoms with Crippen molar-refractivity contribution >= 4 is 5.91 Å². The minimum Gasteiger partial charge on any atom is -0.375 e. The summed E-state index contributed by atoms with van der Waals surface area (Å²) in [6, 6.07) is -0.393. The molecule has 1 N–H and O–H groups in total. The summed E-state index contributed by atoms with van der Waals surface area (Å²) in [7, 11) is 0. The average Bonchev–Trinajstić information content (AvgIpc) is 3.13. The van der Waals surface area contributed by atoms with Gasteiger partial charge in [0.15, 0.2) is 0 Å². The van der Waals surface area contributed by atoms with E-state index in [-0.39, 0.29) is 12.0 Å². The van der Waals surface area contributed by atoms with Crippen molar-refractivity contribution in [2.45, 2.75) is 38.1 Å². The molecule has 2 aliphatic rings. The molecule has 2 aliphatic heterocycles. The predicted octanol–water partition coefficient (Wildman–Crippen LogP) is 0.324. The van der Waals surface area contributed by atoms with Crippen molar-refractivity contribution in [3.05, 3.63) is 17.7 Å². The first kappa shape index (κ1) is 13.2. The Morgan fingerprint density at radius 1 is 1.60 bits per heavy atom. The van der Waals surface area contributed by atoms with Gasteiger partial charge in [-0.15, -0.1) is 6.42 Å². The molecular formula is C14H17N3O3. The number of terminal acetylenes is 1. The Bertz CT molecular complexity index is 540. The Balaban J connectivity index is 1.72. The lowest BCUT2D eigenvalue weighted by molar-refractivity contribution is 0.0723. The van der Waals surface area contributed by atoms with Gasteiger partial charge in [-0.25, -0.2) is 4.98 Å². The van der Waals surface area contributed by atoms with Crippen LogP contribution in [0.2, 0.25) is 0 Å². The molecule has 0 spiro atoms. The first-order chi connectivity index (χ1) is 9.79. The lowest BCUT2D eigenvalue weighted by atomic mass is 10.1. The quantitative estimate of drug-likeness (QED) is 0.807. The van der Waals surface area contributed by atoms with Crippen molar-refractivity contribution in [1.82, 2.24) is 14.9 Å². The fourth-order valence-electron chi connectivity index (χ4n) is 2.60. The van der Waals surface area contributed by atoms with Crippen LogP contribution in [0, 0.1) is 12.3 Å². The van der Waals surface area contributed by atoms with Gasteiger partial charge in [-0.1, -0.05) is 5.92 Å². The summed E-state index contributed by atoms with van der Waals surface area (Å²) >= 11 is 0. The van der Waals surface area contributed by atoms with E-state index < -0.39 is 6.04 Å². The molecule has 1 amide bonds. The van der Waals surface area contributed by atoms with Crippen LogP contribution in [0.1, 0.15) is 29.2 Å². The molecule has 106 valence electrons. The van der Waals surface area contributed by atoms with Crippen molar-refractivity contribution in [3.63, 3.8) is 0 Å². The Labute approximate surface area is 117 Å². The van der Waals surface area contributed by atoms with Crippen LogP contribution in [0.3, 0.4) is 0 Å². The number of nitrogens with one attached hydrogen (secondary N) is 1.